The second-order valence-corrected chi connectivity index (χ2v) is 3.38. The summed E-state index contributed by atoms with van der Waals surface area (Å²) in [4.78, 5) is 10.4. The largest absolute Gasteiger partial charge is 0.379 e. The van der Waals surface area contributed by atoms with Gasteiger partial charge in [-0.2, -0.15) is 0 Å². The average Bonchev–Trinajstić information content (AvgIpc) is 2.17. The number of hydrogen-bond acceptors (Lipinski definition) is 3. The summed E-state index contributed by atoms with van der Waals surface area (Å²) in [5.41, 5.74) is 0. The van der Waals surface area contributed by atoms with E-state index in [1.807, 2.05) is 7.05 Å². The third kappa shape index (κ3) is 3.87. The second kappa shape index (κ2) is 7.04. The van der Waals surface area contributed by atoms with Gasteiger partial charge in [-0.05, 0) is 13.0 Å². The maximum atomic E-state index is 10.4. The van der Waals surface area contributed by atoms with Gasteiger partial charge in [0.2, 0.25) is 0 Å². The van der Waals surface area contributed by atoms with Crippen molar-refractivity contribution in [3.05, 3.63) is 0 Å². The van der Waals surface area contributed by atoms with Crippen LogP contribution in [0, 0.1) is 5.92 Å². The number of methoxy groups -OCH3 is 1. The number of ether oxygens (including phenoxy) is 1. The molecule has 0 aromatic rings. The molecule has 0 aliphatic carbocycles. The van der Waals surface area contributed by atoms with E-state index in [1.54, 1.807) is 7.11 Å². The summed E-state index contributed by atoms with van der Waals surface area (Å²) < 4.78 is 5.27. The Hall–Kier alpha value is -0.410. The van der Waals surface area contributed by atoms with Gasteiger partial charge in [0, 0.05) is 19.6 Å². The van der Waals surface area contributed by atoms with Crippen molar-refractivity contribution in [2.24, 2.45) is 5.92 Å². The molecular formula is C10H21NO2. The molecule has 0 saturated carbocycles. The SMILES string of the molecule is CCC(C)[C@H](NC)C(CC=O)OC. The summed E-state index contributed by atoms with van der Waals surface area (Å²) in [7, 11) is 3.56. The number of carbonyl (C=O) groups excluding carboxylic acids is 1. The van der Waals surface area contributed by atoms with Gasteiger partial charge in [0.05, 0.1) is 6.10 Å². The monoisotopic (exact) mass is 187 g/mol. The molecule has 0 amide bonds. The fourth-order valence-electron chi connectivity index (χ4n) is 1.58. The topological polar surface area (TPSA) is 38.3 Å². The molecule has 0 radical (unpaired) electrons. The van der Waals surface area contributed by atoms with Crippen LogP contribution in [0.5, 0.6) is 0 Å². The van der Waals surface area contributed by atoms with Gasteiger partial charge in [0.25, 0.3) is 0 Å². The smallest absolute Gasteiger partial charge is 0.122 e. The molecule has 2 unspecified atom stereocenters. The van der Waals surface area contributed by atoms with Gasteiger partial charge in [-0.15, -0.1) is 0 Å². The van der Waals surface area contributed by atoms with Crippen LogP contribution >= 0.6 is 0 Å². The number of rotatable bonds is 7. The molecule has 0 aromatic heterocycles. The Balaban J connectivity index is 4.22. The molecule has 3 atom stereocenters. The lowest BCUT2D eigenvalue weighted by Crippen LogP contribution is -2.43. The normalized spacial score (nSPS) is 17.8. The fourth-order valence-corrected chi connectivity index (χ4v) is 1.58. The van der Waals surface area contributed by atoms with Gasteiger partial charge in [0.15, 0.2) is 0 Å². The first-order chi connectivity index (χ1) is 6.21. The van der Waals surface area contributed by atoms with Crippen LogP contribution in [0.4, 0.5) is 0 Å². The molecule has 3 heteroatoms. The lowest BCUT2D eigenvalue weighted by Gasteiger charge is -2.29. The molecule has 1 N–H and O–H groups in total. The van der Waals surface area contributed by atoms with Crippen molar-refractivity contribution in [1.82, 2.24) is 5.32 Å². The summed E-state index contributed by atoms with van der Waals surface area (Å²) >= 11 is 0. The van der Waals surface area contributed by atoms with E-state index in [0.717, 1.165) is 12.7 Å². The van der Waals surface area contributed by atoms with Crippen molar-refractivity contribution in [3.63, 3.8) is 0 Å². The van der Waals surface area contributed by atoms with E-state index >= 15 is 0 Å². The predicted octanol–water partition coefficient (Wildman–Crippen LogP) is 1.22. The van der Waals surface area contributed by atoms with Crippen LogP contribution < -0.4 is 5.32 Å². The summed E-state index contributed by atoms with van der Waals surface area (Å²) in [6.07, 6.45) is 2.47. The molecule has 0 saturated heterocycles. The van der Waals surface area contributed by atoms with Gasteiger partial charge >= 0.3 is 0 Å². The maximum Gasteiger partial charge on any atom is 0.122 e. The highest BCUT2D eigenvalue weighted by atomic mass is 16.5. The van der Waals surface area contributed by atoms with E-state index in [4.69, 9.17) is 4.74 Å². The van der Waals surface area contributed by atoms with Crippen LogP contribution in [-0.2, 0) is 9.53 Å². The molecule has 0 aliphatic heterocycles. The molecule has 0 spiro atoms. The number of hydrogen-bond donors (Lipinski definition) is 1. The van der Waals surface area contributed by atoms with Crippen molar-refractivity contribution in [3.8, 4) is 0 Å². The lowest BCUT2D eigenvalue weighted by molar-refractivity contribution is -0.110. The molecule has 0 aliphatic rings. The lowest BCUT2D eigenvalue weighted by atomic mass is 9.93. The summed E-state index contributed by atoms with van der Waals surface area (Å²) in [5, 5.41) is 3.20. The van der Waals surface area contributed by atoms with Gasteiger partial charge < -0.3 is 14.8 Å². The number of carbonyl (C=O) groups is 1. The zero-order valence-electron chi connectivity index (χ0n) is 9.04. The van der Waals surface area contributed by atoms with E-state index in [1.165, 1.54) is 0 Å². The number of aldehydes is 1. The number of likely N-dealkylation sites (N-methyl/N-ethyl adjacent to an activating group) is 1. The predicted molar refractivity (Wildman–Crippen MR) is 53.8 cm³/mol. The molecular weight excluding hydrogens is 166 g/mol. The average molecular weight is 187 g/mol. The zero-order valence-corrected chi connectivity index (χ0v) is 9.04. The Morgan fingerprint density at radius 1 is 1.54 bits per heavy atom. The van der Waals surface area contributed by atoms with Crippen molar-refractivity contribution in [1.29, 1.82) is 0 Å². The van der Waals surface area contributed by atoms with Gasteiger partial charge in [-0.25, -0.2) is 0 Å². The Morgan fingerprint density at radius 3 is 2.46 bits per heavy atom. The zero-order chi connectivity index (χ0) is 10.3. The first-order valence-corrected chi connectivity index (χ1v) is 4.84. The standard InChI is InChI=1S/C10H21NO2/c1-5-8(2)10(11-3)9(13-4)6-7-12/h7-11H,5-6H2,1-4H3/t8?,9?,10-/m0/s1. The van der Waals surface area contributed by atoms with Crippen LogP contribution in [0.25, 0.3) is 0 Å². The highest BCUT2D eigenvalue weighted by molar-refractivity contribution is 5.50. The quantitative estimate of drug-likeness (QED) is 0.609. The van der Waals surface area contributed by atoms with Crippen LogP contribution in [0.3, 0.4) is 0 Å². The van der Waals surface area contributed by atoms with Crippen molar-refractivity contribution >= 4 is 6.29 Å². The molecule has 3 nitrogen and oxygen atoms in total. The maximum absolute atomic E-state index is 10.4. The van der Waals surface area contributed by atoms with Crippen LogP contribution in [0.15, 0.2) is 0 Å². The molecule has 0 bridgehead atoms. The van der Waals surface area contributed by atoms with E-state index < -0.39 is 0 Å². The van der Waals surface area contributed by atoms with E-state index in [2.05, 4.69) is 19.2 Å². The minimum atomic E-state index is -0.00236. The highest BCUT2D eigenvalue weighted by Gasteiger charge is 2.23. The molecule has 0 heterocycles. The van der Waals surface area contributed by atoms with Crippen LogP contribution in [-0.4, -0.2) is 32.6 Å². The van der Waals surface area contributed by atoms with Gasteiger partial charge in [-0.1, -0.05) is 20.3 Å². The number of nitrogens with one attached hydrogen (secondary N) is 1. The van der Waals surface area contributed by atoms with E-state index in [9.17, 15) is 4.79 Å². The van der Waals surface area contributed by atoms with Crippen molar-refractivity contribution in [2.75, 3.05) is 14.2 Å². The molecule has 13 heavy (non-hydrogen) atoms. The highest BCUT2D eigenvalue weighted by Crippen LogP contribution is 2.14. The van der Waals surface area contributed by atoms with E-state index in [-0.39, 0.29) is 12.1 Å². The Labute approximate surface area is 80.8 Å². The third-order valence-electron chi connectivity index (χ3n) is 2.62. The first-order valence-electron chi connectivity index (χ1n) is 4.84. The third-order valence-corrected chi connectivity index (χ3v) is 2.62. The minimum Gasteiger partial charge on any atom is -0.379 e. The molecule has 0 rings (SSSR count). The molecule has 0 aromatic carbocycles. The summed E-state index contributed by atoms with van der Waals surface area (Å²) in [6.45, 7) is 4.31. The van der Waals surface area contributed by atoms with Gasteiger partial charge in [-0.3, -0.25) is 0 Å². The summed E-state index contributed by atoms with van der Waals surface area (Å²) in [5.74, 6) is 0.523. The van der Waals surface area contributed by atoms with Crippen molar-refractivity contribution < 1.29 is 9.53 Å². The van der Waals surface area contributed by atoms with Crippen LogP contribution in [0.1, 0.15) is 26.7 Å². The first kappa shape index (κ1) is 12.6. The Bertz CT molecular complexity index is 139. The Morgan fingerprint density at radius 2 is 2.15 bits per heavy atom. The molecule has 78 valence electrons. The van der Waals surface area contributed by atoms with Crippen molar-refractivity contribution in [2.45, 2.75) is 38.8 Å². The second-order valence-electron chi connectivity index (χ2n) is 3.38. The Kier molecular flexibility index (Phi) is 6.82. The van der Waals surface area contributed by atoms with Gasteiger partial charge in [0.1, 0.15) is 6.29 Å². The minimum absolute atomic E-state index is 0.00236. The summed E-state index contributed by atoms with van der Waals surface area (Å²) in [6, 6.07) is 0.264. The van der Waals surface area contributed by atoms with Crippen LogP contribution in [0.2, 0.25) is 0 Å². The van der Waals surface area contributed by atoms with E-state index in [0.29, 0.717) is 12.3 Å². The fraction of sp³-hybridized carbons (Fsp3) is 0.900. The molecule has 0 fully saturated rings.